The van der Waals surface area contributed by atoms with Gasteiger partial charge < -0.3 is 10.4 Å². The third-order valence-electron chi connectivity index (χ3n) is 3.12. The first-order valence-corrected chi connectivity index (χ1v) is 6.41. The predicted molar refractivity (Wildman–Crippen MR) is 49.9 cm³/mol. The fraction of sp³-hybridized carbons (Fsp3) is 0.750. The van der Waals surface area contributed by atoms with E-state index in [1.807, 2.05) is 0 Å². The van der Waals surface area contributed by atoms with Crippen LogP contribution in [0.15, 0.2) is 0 Å². The van der Waals surface area contributed by atoms with Gasteiger partial charge in [-0.2, -0.15) is 0 Å². The van der Waals surface area contributed by atoms with Crippen molar-refractivity contribution in [1.29, 1.82) is 0 Å². The molecule has 0 aromatic rings. The summed E-state index contributed by atoms with van der Waals surface area (Å²) in [6.07, 6.45) is 0.191. The van der Waals surface area contributed by atoms with E-state index >= 15 is 0 Å². The maximum Gasteiger partial charge on any atom is 0.312 e. The molecule has 0 aromatic carbocycles. The lowest BCUT2D eigenvalue weighted by Gasteiger charge is -2.34. The lowest BCUT2D eigenvalue weighted by molar-refractivity contribution is -0.151. The molecule has 0 radical (unpaired) electrons. The fourth-order valence-corrected chi connectivity index (χ4v) is 4.59. The summed E-state index contributed by atoms with van der Waals surface area (Å²) in [5.41, 5.74) is -1.30. The number of carboxylic acid groups (broad SMARTS) is 1. The van der Waals surface area contributed by atoms with Crippen LogP contribution in [-0.4, -0.2) is 42.9 Å². The average molecular weight is 233 g/mol. The number of hydrogen-bond donors (Lipinski definition) is 2. The molecule has 2 heterocycles. The third kappa shape index (κ3) is 1.50. The monoisotopic (exact) mass is 233 g/mol. The normalized spacial score (nSPS) is 38.1. The second kappa shape index (κ2) is 2.94. The van der Waals surface area contributed by atoms with E-state index in [1.165, 1.54) is 0 Å². The summed E-state index contributed by atoms with van der Waals surface area (Å²) in [6, 6.07) is -0.763. The van der Waals surface area contributed by atoms with E-state index in [-0.39, 0.29) is 30.3 Å². The van der Waals surface area contributed by atoms with Crippen molar-refractivity contribution in [2.24, 2.45) is 5.41 Å². The largest absolute Gasteiger partial charge is 0.481 e. The van der Waals surface area contributed by atoms with Crippen LogP contribution in [0.3, 0.4) is 0 Å². The van der Waals surface area contributed by atoms with Gasteiger partial charge in [0.05, 0.1) is 17.5 Å². The van der Waals surface area contributed by atoms with Gasteiger partial charge in [0.15, 0.2) is 9.84 Å². The molecule has 0 bridgehead atoms. The smallest absolute Gasteiger partial charge is 0.312 e. The minimum absolute atomic E-state index is 0.0817. The van der Waals surface area contributed by atoms with Crippen molar-refractivity contribution >= 4 is 21.7 Å². The Morgan fingerprint density at radius 3 is 2.80 bits per heavy atom. The molecule has 2 saturated heterocycles. The minimum atomic E-state index is -3.35. The van der Waals surface area contributed by atoms with Gasteiger partial charge in [-0.05, 0) is 6.42 Å². The van der Waals surface area contributed by atoms with Crippen LogP contribution < -0.4 is 5.32 Å². The number of amides is 1. The van der Waals surface area contributed by atoms with Crippen LogP contribution in [-0.2, 0) is 19.4 Å². The van der Waals surface area contributed by atoms with E-state index in [9.17, 15) is 18.0 Å². The molecule has 1 amide bonds. The van der Waals surface area contributed by atoms with Gasteiger partial charge in [0, 0.05) is 6.42 Å². The Bertz CT molecular complexity index is 428. The van der Waals surface area contributed by atoms with Crippen molar-refractivity contribution in [3.8, 4) is 0 Å². The SMILES string of the molecule is O=C1CCC2(C(=O)O)CS(=O)(=O)C[C@H]2N1. The molecule has 2 atom stereocenters. The predicted octanol–water partition coefficient (Wildman–Crippen LogP) is -1.24. The van der Waals surface area contributed by atoms with E-state index < -0.39 is 27.3 Å². The number of hydrogen-bond acceptors (Lipinski definition) is 4. The fourth-order valence-electron chi connectivity index (χ4n) is 2.31. The summed E-state index contributed by atoms with van der Waals surface area (Å²) in [6.45, 7) is 0. The highest BCUT2D eigenvalue weighted by molar-refractivity contribution is 7.91. The molecule has 2 rings (SSSR count). The molecule has 0 spiro atoms. The van der Waals surface area contributed by atoms with Crippen molar-refractivity contribution in [3.63, 3.8) is 0 Å². The molecule has 1 unspecified atom stereocenters. The van der Waals surface area contributed by atoms with E-state index in [0.717, 1.165) is 0 Å². The summed E-state index contributed by atoms with van der Waals surface area (Å²) in [7, 11) is -3.35. The molecule has 2 aliphatic heterocycles. The number of nitrogens with one attached hydrogen (secondary N) is 1. The highest BCUT2D eigenvalue weighted by Gasteiger charge is 2.57. The summed E-state index contributed by atoms with van der Waals surface area (Å²) >= 11 is 0. The molecule has 0 aromatic heterocycles. The Hall–Kier alpha value is -1.11. The number of sulfone groups is 1. The van der Waals surface area contributed by atoms with Gasteiger partial charge >= 0.3 is 5.97 Å². The Morgan fingerprint density at radius 1 is 1.53 bits per heavy atom. The molecule has 0 aliphatic carbocycles. The van der Waals surface area contributed by atoms with Crippen molar-refractivity contribution in [2.45, 2.75) is 18.9 Å². The molecule has 0 saturated carbocycles. The molecule has 84 valence electrons. The van der Waals surface area contributed by atoms with Crippen LogP contribution in [0, 0.1) is 5.41 Å². The number of aliphatic carboxylic acids is 1. The Labute approximate surface area is 86.6 Å². The van der Waals surface area contributed by atoms with Crippen LogP contribution in [0.5, 0.6) is 0 Å². The maximum absolute atomic E-state index is 11.4. The van der Waals surface area contributed by atoms with E-state index in [0.29, 0.717) is 0 Å². The molecular weight excluding hydrogens is 222 g/mol. The van der Waals surface area contributed by atoms with Crippen molar-refractivity contribution < 1.29 is 23.1 Å². The Balaban J connectivity index is 2.41. The van der Waals surface area contributed by atoms with Crippen LogP contribution in [0.1, 0.15) is 12.8 Å². The van der Waals surface area contributed by atoms with Gasteiger partial charge in [-0.25, -0.2) is 8.42 Å². The van der Waals surface area contributed by atoms with E-state index in [1.54, 1.807) is 0 Å². The van der Waals surface area contributed by atoms with E-state index in [4.69, 9.17) is 5.11 Å². The molecule has 7 heteroatoms. The number of carbonyl (C=O) groups is 2. The Morgan fingerprint density at radius 2 is 2.20 bits per heavy atom. The standard InChI is InChI=1S/C8H11NO5S/c10-6-1-2-8(7(11)12)4-15(13,14)3-5(8)9-6/h5H,1-4H2,(H,9,10)(H,11,12)/t5-,8?/m1/s1. The first kappa shape index (κ1) is 10.4. The van der Waals surface area contributed by atoms with Crippen molar-refractivity contribution in [3.05, 3.63) is 0 Å². The topological polar surface area (TPSA) is 101 Å². The lowest BCUT2D eigenvalue weighted by Crippen LogP contribution is -2.55. The van der Waals surface area contributed by atoms with Crippen LogP contribution in [0.4, 0.5) is 0 Å². The summed E-state index contributed by atoms with van der Waals surface area (Å²) in [5.74, 6) is -2.02. The summed E-state index contributed by atoms with van der Waals surface area (Å²) in [4.78, 5) is 22.2. The van der Waals surface area contributed by atoms with Crippen LogP contribution in [0.2, 0.25) is 0 Å². The van der Waals surface area contributed by atoms with Crippen LogP contribution >= 0.6 is 0 Å². The highest BCUT2D eigenvalue weighted by Crippen LogP contribution is 2.39. The average Bonchev–Trinajstić information content (AvgIpc) is 2.35. The second-order valence-corrected chi connectivity index (χ2v) is 6.25. The van der Waals surface area contributed by atoms with Gasteiger partial charge in [0.25, 0.3) is 0 Å². The molecule has 2 aliphatic rings. The molecule has 2 fully saturated rings. The highest BCUT2D eigenvalue weighted by atomic mass is 32.2. The molecule has 6 nitrogen and oxygen atoms in total. The first-order valence-electron chi connectivity index (χ1n) is 4.59. The van der Waals surface area contributed by atoms with Gasteiger partial charge in [-0.3, -0.25) is 9.59 Å². The molecule has 2 N–H and O–H groups in total. The van der Waals surface area contributed by atoms with Gasteiger partial charge in [-0.15, -0.1) is 0 Å². The quantitative estimate of drug-likeness (QED) is 0.590. The lowest BCUT2D eigenvalue weighted by atomic mass is 9.76. The number of rotatable bonds is 1. The van der Waals surface area contributed by atoms with Crippen molar-refractivity contribution in [2.75, 3.05) is 11.5 Å². The number of carbonyl (C=O) groups excluding carboxylic acids is 1. The summed E-state index contributed by atoms with van der Waals surface area (Å²) in [5, 5.41) is 11.6. The zero-order valence-corrected chi connectivity index (χ0v) is 8.71. The van der Waals surface area contributed by atoms with Gasteiger partial charge in [-0.1, -0.05) is 0 Å². The molecule has 15 heavy (non-hydrogen) atoms. The zero-order valence-electron chi connectivity index (χ0n) is 7.89. The van der Waals surface area contributed by atoms with Gasteiger partial charge in [0.2, 0.25) is 5.91 Å². The second-order valence-electron chi connectivity index (χ2n) is 4.14. The molecular formula is C8H11NO5S. The number of fused-ring (bicyclic) bond motifs is 1. The van der Waals surface area contributed by atoms with E-state index in [2.05, 4.69) is 5.32 Å². The minimum Gasteiger partial charge on any atom is -0.481 e. The zero-order chi connectivity index (χ0) is 11.3. The summed E-state index contributed by atoms with van der Waals surface area (Å²) < 4.78 is 22.8. The maximum atomic E-state index is 11.4. The van der Waals surface area contributed by atoms with Crippen molar-refractivity contribution in [1.82, 2.24) is 5.32 Å². The van der Waals surface area contributed by atoms with Crippen LogP contribution in [0.25, 0.3) is 0 Å². The number of carboxylic acids is 1. The number of piperidine rings is 1. The van der Waals surface area contributed by atoms with Gasteiger partial charge in [0.1, 0.15) is 5.41 Å². The first-order chi connectivity index (χ1) is 6.86. The Kier molecular flexibility index (Phi) is 2.04. The third-order valence-corrected chi connectivity index (χ3v) is 4.92.